The Morgan fingerprint density at radius 2 is 1.77 bits per heavy atom. The van der Waals surface area contributed by atoms with E-state index in [1.165, 1.54) is 18.2 Å². The quantitative estimate of drug-likeness (QED) is 0.192. The number of anilines is 2. The largest absolute Gasteiger partial charge is 0.332 e. The Morgan fingerprint density at radius 1 is 0.968 bits per heavy atom. The number of hydrogen-bond acceptors (Lipinski definition) is 4. The first-order valence-corrected chi connectivity index (χ1v) is 10.2. The van der Waals surface area contributed by atoms with Crippen molar-refractivity contribution in [3.8, 4) is 11.3 Å². The number of thiocarbonyl (C=S) groups is 1. The van der Waals surface area contributed by atoms with Crippen molar-refractivity contribution >= 4 is 68.4 Å². The fourth-order valence-corrected chi connectivity index (χ4v) is 3.78. The molecule has 0 amide bonds. The van der Waals surface area contributed by atoms with Gasteiger partial charge in [0.15, 0.2) is 5.11 Å². The number of aromatic nitrogens is 1. The maximum absolute atomic E-state index is 10.9. The molecule has 0 saturated heterocycles. The van der Waals surface area contributed by atoms with E-state index in [-0.39, 0.29) is 15.8 Å². The van der Waals surface area contributed by atoms with Crippen LogP contribution in [0.4, 0.5) is 17.1 Å². The lowest BCUT2D eigenvalue weighted by Crippen LogP contribution is -2.19. The van der Waals surface area contributed by atoms with Crippen LogP contribution < -0.4 is 10.6 Å². The SMILES string of the molecule is O=[N+]([O-])c1ccc(NC(=S)Nc2ccc(Cl)c(-c3nccc4ccccc34)c2)c(Cl)c1. The summed E-state index contributed by atoms with van der Waals surface area (Å²) < 4.78 is 0. The summed E-state index contributed by atoms with van der Waals surface area (Å²) in [6, 6.07) is 19.4. The van der Waals surface area contributed by atoms with Crippen molar-refractivity contribution in [1.29, 1.82) is 0 Å². The highest BCUT2D eigenvalue weighted by Crippen LogP contribution is 2.34. The third kappa shape index (κ3) is 4.59. The molecule has 0 bridgehead atoms. The van der Waals surface area contributed by atoms with Crippen molar-refractivity contribution in [1.82, 2.24) is 4.98 Å². The van der Waals surface area contributed by atoms with Crippen LogP contribution in [0.2, 0.25) is 10.0 Å². The van der Waals surface area contributed by atoms with Crippen molar-refractivity contribution in [2.24, 2.45) is 0 Å². The van der Waals surface area contributed by atoms with Gasteiger partial charge in [0.2, 0.25) is 0 Å². The molecule has 154 valence electrons. The van der Waals surface area contributed by atoms with Crippen LogP contribution in [0.25, 0.3) is 22.0 Å². The zero-order valence-corrected chi connectivity index (χ0v) is 18.1. The summed E-state index contributed by atoms with van der Waals surface area (Å²) >= 11 is 18.0. The third-order valence-electron chi connectivity index (χ3n) is 4.56. The molecule has 4 aromatic rings. The average molecular weight is 469 g/mol. The summed E-state index contributed by atoms with van der Waals surface area (Å²) in [6.07, 6.45) is 1.75. The van der Waals surface area contributed by atoms with Crippen molar-refractivity contribution in [2.45, 2.75) is 0 Å². The summed E-state index contributed by atoms with van der Waals surface area (Å²) in [4.78, 5) is 14.9. The second-order valence-electron chi connectivity index (χ2n) is 6.58. The van der Waals surface area contributed by atoms with Crippen molar-refractivity contribution < 1.29 is 4.92 Å². The molecule has 0 aliphatic rings. The van der Waals surface area contributed by atoms with Crippen LogP contribution >= 0.6 is 35.4 Å². The van der Waals surface area contributed by atoms with E-state index in [0.717, 1.165) is 22.0 Å². The van der Waals surface area contributed by atoms with Gasteiger partial charge >= 0.3 is 0 Å². The van der Waals surface area contributed by atoms with E-state index >= 15 is 0 Å². The van der Waals surface area contributed by atoms with Crippen molar-refractivity contribution in [2.75, 3.05) is 10.6 Å². The lowest BCUT2D eigenvalue weighted by molar-refractivity contribution is -0.384. The molecule has 4 rings (SSSR count). The summed E-state index contributed by atoms with van der Waals surface area (Å²) in [7, 11) is 0. The lowest BCUT2D eigenvalue weighted by atomic mass is 10.0. The van der Waals surface area contributed by atoms with E-state index < -0.39 is 4.92 Å². The minimum Gasteiger partial charge on any atom is -0.332 e. The number of nitrogens with zero attached hydrogens (tertiary/aromatic N) is 2. The van der Waals surface area contributed by atoms with Gasteiger partial charge in [-0.05, 0) is 47.9 Å². The highest BCUT2D eigenvalue weighted by Gasteiger charge is 2.13. The normalized spacial score (nSPS) is 10.6. The van der Waals surface area contributed by atoms with E-state index in [4.69, 9.17) is 35.4 Å². The molecule has 0 spiro atoms. The summed E-state index contributed by atoms with van der Waals surface area (Å²) in [5.74, 6) is 0. The molecule has 0 fully saturated rings. The van der Waals surface area contributed by atoms with E-state index in [0.29, 0.717) is 16.4 Å². The fourth-order valence-electron chi connectivity index (χ4n) is 3.12. The van der Waals surface area contributed by atoms with Crippen molar-refractivity contribution in [3.63, 3.8) is 0 Å². The topological polar surface area (TPSA) is 80.1 Å². The molecule has 0 radical (unpaired) electrons. The molecule has 6 nitrogen and oxygen atoms in total. The molecule has 0 atom stereocenters. The second-order valence-corrected chi connectivity index (χ2v) is 7.80. The van der Waals surface area contributed by atoms with Gasteiger partial charge in [0.1, 0.15) is 0 Å². The minimum absolute atomic E-state index is 0.0978. The number of fused-ring (bicyclic) bond motifs is 1. The van der Waals surface area contributed by atoms with Gasteiger partial charge < -0.3 is 10.6 Å². The van der Waals surface area contributed by atoms with Gasteiger partial charge in [-0.1, -0.05) is 47.5 Å². The van der Waals surface area contributed by atoms with E-state index in [9.17, 15) is 10.1 Å². The van der Waals surface area contributed by atoms with E-state index in [1.54, 1.807) is 18.3 Å². The van der Waals surface area contributed by atoms with Crippen LogP contribution in [0.5, 0.6) is 0 Å². The number of pyridine rings is 1. The fraction of sp³-hybridized carbons (Fsp3) is 0. The molecule has 9 heteroatoms. The van der Waals surface area contributed by atoms with Crippen LogP contribution in [0, 0.1) is 10.1 Å². The van der Waals surface area contributed by atoms with Crippen LogP contribution in [0.3, 0.4) is 0 Å². The number of rotatable bonds is 4. The van der Waals surface area contributed by atoms with Crippen LogP contribution in [0.1, 0.15) is 0 Å². The molecular formula is C22H14Cl2N4O2S. The zero-order chi connectivity index (χ0) is 22.0. The summed E-state index contributed by atoms with van der Waals surface area (Å²) in [5, 5.41) is 20.0. The maximum Gasteiger partial charge on any atom is 0.271 e. The summed E-state index contributed by atoms with van der Waals surface area (Å²) in [6.45, 7) is 0. The first kappa shape index (κ1) is 21.0. The van der Waals surface area contributed by atoms with Crippen LogP contribution in [-0.4, -0.2) is 15.0 Å². The Bertz CT molecular complexity index is 1320. The van der Waals surface area contributed by atoms with Gasteiger partial charge in [-0.15, -0.1) is 0 Å². The van der Waals surface area contributed by atoms with Gasteiger partial charge in [0.25, 0.3) is 5.69 Å². The average Bonchev–Trinajstić information content (AvgIpc) is 2.76. The highest BCUT2D eigenvalue weighted by atomic mass is 35.5. The Kier molecular flexibility index (Phi) is 5.99. The summed E-state index contributed by atoms with van der Waals surface area (Å²) in [5.41, 5.74) is 2.59. The van der Waals surface area contributed by atoms with Gasteiger partial charge in [-0.25, -0.2) is 0 Å². The number of nitrogens with one attached hydrogen (secondary N) is 2. The second kappa shape index (κ2) is 8.85. The number of nitro groups is 1. The number of non-ortho nitro benzene ring substituents is 1. The molecule has 3 aromatic carbocycles. The number of hydrogen-bond donors (Lipinski definition) is 2. The molecule has 0 unspecified atom stereocenters. The molecule has 0 aliphatic carbocycles. The molecule has 2 N–H and O–H groups in total. The van der Waals surface area contributed by atoms with Gasteiger partial charge in [0, 0.05) is 35.0 Å². The smallest absolute Gasteiger partial charge is 0.271 e. The number of benzene rings is 3. The van der Waals surface area contributed by atoms with Gasteiger partial charge in [0.05, 0.1) is 26.3 Å². The van der Waals surface area contributed by atoms with E-state index in [2.05, 4.69) is 15.6 Å². The molecule has 1 heterocycles. The minimum atomic E-state index is -0.511. The Hall–Kier alpha value is -3.26. The highest BCUT2D eigenvalue weighted by molar-refractivity contribution is 7.80. The van der Waals surface area contributed by atoms with Gasteiger partial charge in [-0.2, -0.15) is 0 Å². The van der Waals surface area contributed by atoms with Crippen molar-refractivity contribution in [3.05, 3.63) is 93.1 Å². The lowest BCUT2D eigenvalue weighted by Gasteiger charge is -2.14. The third-order valence-corrected chi connectivity index (χ3v) is 5.41. The molecule has 1 aromatic heterocycles. The number of halogens is 2. The standard InChI is InChI=1S/C22H14Cl2N4O2S/c23-18-7-5-14(11-17(18)21-16-4-2-1-3-13(16)9-10-25-21)26-22(31)27-20-8-6-15(28(29)30)12-19(20)24/h1-12H,(H2,26,27,31). The molecule has 0 saturated carbocycles. The number of nitro benzene ring substituents is 1. The molecule has 0 aliphatic heterocycles. The van der Waals surface area contributed by atoms with Crippen LogP contribution in [0.15, 0.2) is 72.9 Å². The first-order valence-electron chi connectivity index (χ1n) is 9.08. The maximum atomic E-state index is 10.9. The Balaban J connectivity index is 1.59. The zero-order valence-electron chi connectivity index (χ0n) is 15.8. The van der Waals surface area contributed by atoms with Crippen LogP contribution in [-0.2, 0) is 0 Å². The molecular weight excluding hydrogens is 455 g/mol. The van der Waals surface area contributed by atoms with Gasteiger partial charge in [-0.3, -0.25) is 15.1 Å². The first-order chi connectivity index (χ1) is 14.9. The predicted molar refractivity (Wildman–Crippen MR) is 130 cm³/mol. The Labute approximate surface area is 193 Å². The Morgan fingerprint density at radius 3 is 2.55 bits per heavy atom. The molecule has 31 heavy (non-hydrogen) atoms. The van der Waals surface area contributed by atoms with E-state index in [1.807, 2.05) is 36.4 Å². The predicted octanol–water partition coefficient (Wildman–Crippen LogP) is 6.93. The monoisotopic (exact) mass is 468 g/mol.